The van der Waals surface area contributed by atoms with Gasteiger partial charge in [-0.3, -0.25) is 4.79 Å². The van der Waals surface area contributed by atoms with Crippen molar-refractivity contribution in [3.05, 3.63) is 51.7 Å². The Morgan fingerprint density at radius 3 is 2.67 bits per heavy atom. The first-order valence-electron chi connectivity index (χ1n) is 4.16. The number of H-pyrrole nitrogens is 1. The van der Waals surface area contributed by atoms with E-state index in [1.54, 1.807) is 6.07 Å². The molecule has 0 radical (unpaired) electrons. The fourth-order valence-electron chi connectivity index (χ4n) is 1.25. The van der Waals surface area contributed by atoms with Gasteiger partial charge in [-0.25, -0.2) is 9.49 Å². The molecular weight excluding hydrogens is 219 g/mol. The molecule has 0 fully saturated rings. The van der Waals surface area contributed by atoms with Crippen LogP contribution >= 0.6 is 11.6 Å². The van der Waals surface area contributed by atoms with Gasteiger partial charge in [-0.1, -0.05) is 11.6 Å². The van der Waals surface area contributed by atoms with Crippen LogP contribution in [0.4, 0.5) is 4.39 Å². The molecule has 1 aromatic heterocycles. The summed E-state index contributed by atoms with van der Waals surface area (Å²) in [5, 5.41) is 6.14. The van der Waals surface area contributed by atoms with E-state index in [1.807, 2.05) is 0 Å². The molecule has 0 aliphatic carbocycles. The van der Waals surface area contributed by atoms with E-state index in [-0.39, 0.29) is 10.6 Å². The topological polar surface area (TPSA) is 45.8 Å². The van der Waals surface area contributed by atoms with Gasteiger partial charge in [-0.15, -0.1) is 0 Å². The van der Waals surface area contributed by atoms with Crippen LogP contribution in [0.3, 0.4) is 0 Å². The van der Waals surface area contributed by atoms with E-state index in [0.29, 0.717) is 11.1 Å². The third-order valence-corrected chi connectivity index (χ3v) is 2.08. The molecule has 15 heavy (non-hydrogen) atoms. The van der Waals surface area contributed by atoms with Gasteiger partial charge < -0.3 is 0 Å². The Kier molecular flexibility index (Phi) is 2.51. The van der Waals surface area contributed by atoms with Gasteiger partial charge in [0.15, 0.2) is 0 Å². The molecule has 0 atom stereocenters. The smallest absolute Gasteiger partial charge is 0.264 e. The van der Waals surface area contributed by atoms with Gasteiger partial charge in [0.05, 0.1) is 6.20 Å². The van der Waals surface area contributed by atoms with Crippen molar-refractivity contribution < 1.29 is 4.39 Å². The third-order valence-electron chi connectivity index (χ3n) is 1.86. The monoisotopic (exact) mass is 224 g/mol. The SMILES string of the molecule is O=c1cc(-c2cc(F)cc(Cl)c2)cn[nH]1. The fourth-order valence-corrected chi connectivity index (χ4v) is 1.48. The molecule has 2 rings (SSSR count). The average molecular weight is 225 g/mol. The predicted molar refractivity (Wildman–Crippen MR) is 55.3 cm³/mol. The highest BCUT2D eigenvalue weighted by Crippen LogP contribution is 2.22. The molecule has 0 saturated heterocycles. The minimum atomic E-state index is -0.446. The predicted octanol–water partition coefficient (Wildman–Crippen LogP) is 2.23. The zero-order chi connectivity index (χ0) is 10.8. The van der Waals surface area contributed by atoms with Gasteiger partial charge in [-0.2, -0.15) is 5.10 Å². The van der Waals surface area contributed by atoms with Crippen molar-refractivity contribution in [2.75, 3.05) is 0 Å². The molecule has 0 saturated carbocycles. The van der Waals surface area contributed by atoms with E-state index in [2.05, 4.69) is 10.2 Å². The standard InChI is InChI=1S/C10H6ClFN2O/c11-8-1-6(2-9(12)4-8)7-3-10(15)14-13-5-7/h1-5H,(H,14,15). The molecule has 3 nitrogen and oxygen atoms in total. The van der Waals surface area contributed by atoms with E-state index < -0.39 is 5.82 Å². The van der Waals surface area contributed by atoms with Gasteiger partial charge in [-0.05, 0) is 23.8 Å². The van der Waals surface area contributed by atoms with Crippen molar-refractivity contribution in [1.82, 2.24) is 10.2 Å². The van der Waals surface area contributed by atoms with E-state index in [9.17, 15) is 9.18 Å². The lowest BCUT2D eigenvalue weighted by molar-refractivity contribution is 0.628. The summed E-state index contributed by atoms with van der Waals surface area (Å²) in [6, 6.07) is 5.40. The van der Waals surface area contributed by atoms with Crippen molar-refractivity contribution in [1.29, 1.82) is 0 Å². The Morgan fingerprint density at radius 2 is 2.00 bits per heavy atom. The molecule has 1 N–H and O–H groups in total. The number of nitrogens with zero attached hydrogens (tertiary/aromatic N) is 1. The van der Waals surface area contributed by atoms with Gasteiger partial charge in [0.25, 0.3) is 5.56 Å². The molecular formula is C10H6ClFN2O. The lowest BCUT2D eigenvalue weighted by Gasteiger charge is -2.01. The summed E-state index contributed by atoms with van der Waals surface area (Å²) in [6.07, 6.45) is 1.44. The maximum Gasteiger partial charge on any atom is 0.264 e. The zero-order valence-corrected chi connectivity index (χ0v) is 8.25. The quantitative estimate of drug-likeness (QED) is 0.808. The summed E-state index contributed by atoms with van der Waals surface area (Å²) in [5.41, 5.74) is 0.714. The molecule has 0 amide bonds. The molecule has 0 spiro atoms. The summed E-state index contributed by atoms with van der Waals surface area (Å²) in [5.74, 6) is -0.446. The third kappa shape index (κ3) is 2.22. The van der Waals surface area contributed by atoms with Crippen molar-refractivity contribution >= 4 is 11.6 Å². The minimum absolute atomic E-state index is 0.283. The number of aromatic nitrogens is 2. The Hall–Kier alpha value is -1.68. The number of rotatable bonds is 1. The number of benzene rings is 1. The van der Waals surface area contributed by atoms with Crippen LogP contribution in [0.5, 0.6) is 0 Å². The van der Waals surface area contributed by atoms with Crippen LogP contribution in [-0.4, -0.2) is 10.2 Å². The van der Waals surface area contributed by atoms with Crippen molar-refractivity contribution in [3.8, 4) is 11.1 Å². The lowest BCUT2D eigenvalue weighted by atomic mass is 10.1. The highest BCUT2D eigenvalue weighted by atomic mass is 35.5. The van der Waals surface area contributed by atoms with Crippen LogP contribution in [0, 0.1) is 5.82 Å². The number of nitrogens with one attached hydrogen (secondary N) is 1. The molecule has 0 bridgehead atoms. The number of halogens is 2. The molecule has 5 heteroatoms. The Labute approximate surface area is 89.5 Å². The zero-order valence-electron chi connectivity index (χ0n) is 7.50. The van der Waals surface area contributed by atoms with Crippen LogP contribution in [-0.2, 0) is 0 Å². The van der Waals surface area contributed by atoms with Crippen molar-refractivity contribution in [3.63, 3.8) is 0 Å². The summed E-state index contributed by atoms with van der Waals surface area (Å²) in [4.78, 5) is 11.0. The highest BCUT2D eigenvalue weighted by Gasteiger charge is 2.02. The van der Waals surface area contributed by atoms with Gasteiger partial charge in [0.1, 0.15) is 5.82 Å². The minimum Gasteiger partial charge on any atom is -0.268 e. The van der Waals surface area contributed by atoms with Crippen molar-refractivity contribution in [2.24, 2.45) is 0 Å². The summed E-state index contributed by atoms with van der Waals surface area (Å²) < 4.78 is 13.0. The summed E-state index contributed by atoms with van der Waals surface area (Å²) >= 11 is 5.69. The largest absolute Gasteiger partial charge is 0.268 e. The van der Waals surface area contributed by atoms with E-state index >= 15 is 0 Å². The van der Waals surface area contributed by atoms with Gasteiger partial charge >= 0.3 is 0 Å². The second-order valence-corrected chi connectivity index (χ2v) is 3.43. The van der Waals surface area contributed by atoms with Crippen LogP contribution in [0.15, 0.2) is 35.3 Å². The van der Waals surface area contributed by atoms with Crippen LogP contribution in [0.1, 0.15) is 0 Å². The van der Waals surface area contributed by atoms with E-state index in [4.69, 9.17) is 11.6 Å². The van der Waals surface area contributed by atoms with Gasteiger partial charge in [0, 0.05) is 16.7 Å². The number of aromatic amines is 1. The Morgan fingerprint density at radius 1 is 1.20 bits per heavy atom. The van der Waals surface area contributed by atoms with E-state index in [0.717, 1.165) is 0 Å². The first-order chi connectivity index (χ1) is 7.15. The molecule has 2 aromatic rings. The highest BCUT2D eigenvalue weighted by molar-refractivity contribution is 6.30. The number of hydrogen-bond donors (Lipinski definition) is 1. The Bertz CT molecular complexity index is 533. The summed E-state index contributed by atoms with van der Waals surface area (Å²) in [7, 11) is 0. The molecule has 0 aliphatic heterocycles. The lowest BCUT2D eigenvalue weighted by Crippen LogP contribution is -2.05. The second kappa shape index (κ2) is 3.82. The maximum atomic E-state index is 13.0. The Balaban J connectivity index is 2.58. The molecule has 76 valence electrons. The van der Waals surface area contributed by atoms with Crippen LogP contribution in [0.25, 0.3) is 11.1 Å². The van der Waals surface area contributed by atoms with Crippen LogP contribution < -0.4 is 5.56 Å². The average Bonchev–Trinajstić information content (AvgIpc) is 2.16. The first-order valence-corrected chi connectivity index (χ1v) is 4.54. The molecule has 0 unspecified atom stereocenters. The fraction of sp³-hybridized carbons (Fsp3) is 0. The maximum absolute atomic E-state index is 13.0. The first kappa shape index (κ1) is 9.86. The van der Waals surface area contributed by atoms with Crippen molar-refractivity contribution in [2.45, 2.75) is 0 Å². The second-order valence-electron chi connectivity index (χ2n) is 2.99. The molecule has 1 aromatic carbocycles. The summed E-state index contributed by atoms with van der Waals surface area (Å²) in [6.45, 7) is 0. The number of hydrogen-bond acceptors (Lipinski definition) is 2. The normalized spacial score (nSPS) is 10.3. The molecule has 0 aliphatic rings. The van der Waals surface area contributed by atoms with E-state index in [1.165, 1.54) is 24.4 Å². The van der Waals surface area contributed by atoms with Crippen LogP contribution in [0.2, 0.25) is 5.02 Å². The van der Waals surface area contributed by atoms with Gasteiger partial charge in [0.2, 0.25) is 0 Å². The molecule has 1 heterocycles.